The van der Waals surface area contributed by atoms with Gasteiger partial charge in [0.15, 0.2) is 0 Å². The molecule has 6 nitrogen and oxygen atoms in total. The fourth-order valence-electron chi connectivity index (χ4n) is 3.24. The van der Waals surface area contributed by atoms with Crippen molar-refractivity contribution in [2.45, 2.75) is 51.6 Å². The molecule has 0 saturated carbocycles. The van der Waals surface area contributed by atoms with Gasteiger partial charge in [0.05, 0.1) is 12.8 Å². The number of nitrogens with zero attached hydrogens (tertiary/aromatic N) is 1. The number of likely N-dealkylation sites (tertiary alicyclic amines) is 1. The molecule has 2 rings (SSSR count). The van der Waals surface area contributed by atoms with E-state index in [0.29, 0.717) is 13.0 Å². The summed E-state index contributed by atoms with van der Waals surface area (Å²) in [4.78, 5) is 37.8. The third-order valence-electron chi connectivity index (χ3n) is 4.53. The van der Waals surface area contributed by atoms with Gasteiger partial charge in [-0.2, -0.15) is 0 Å². The van der Waals surface area contributed by atoms with Crippen LogP contribution in [0.25, 0.3) is 0 Å². The highest BCUT2D eigenvalue weighted by Crippen LogP contribution is 2.22. The van der Waals surface area contributed by atoms with E-state index < -0.39 is 12.0 Å². The van der Waals surface area contributed by atoms with Crippen molar-refractivity contribution in [1.29, 1.82) is 0 Å². The summed E-state index contributed by atoms with van der Waals surface area (Å²) >= 11 is 0. The maximum Gasteiger partial charge on any atom is 0.305 e. The van der Waals surface area contributed by atoms with E-state index in [0.717, 1.165) is 12.0 Å². The van der Waals surface area contributed by atoms with Gasteiger partial charge in [-0.25, -0.2) is 0 Å². The first kappa shape index (κ1) is 19.0. The van der Waals surface area contributed by atoms with Gasteiger partial charge in [0.2, 0.25) is 11.8 Å². The van der Waals surface area contributed by atoms with Crippen molar-refractivity contribution in [3.05, 3.63) is 35.9 Å². The van der Waals surface area contributed by atoms with Crippen molar-refractivity contribution < 1.29 is 19.5 Å². The Kier molecular flexibility index (Phi) is 6.56. The molecular weight excluding hydrogens is 320 g/mol. The van der Waals surface area contributed by atoms with Crippen molar-refractivity contribution in [3.8, 4) is 0 Å². The molecule has 0 aliphatic carbocycles. The Balaban J connectivity index is 2.02. The minimum absolute atomic E-state index is 0.0471. The van der Waals surface area contributed by atoms with Crippen LogP contribution in [0.5, 0.6) is 0 Å². The van der Waals surface area contributed by atoms with Gasteiger partial charge in [0.1, 0.15) is 6.04 Å². The van der Waals surface area contributed by atoms with E-state index >= 15 is 0 Å². The van der Waals surface area contributed by atoms with E-state index in [9.17, 15) is 14.4 Å². The molecule has 1 aromatic carbocycles. The van der Waals surface area contributed by atoms with Crippen LogP contribution in [-0.4, -0.2) is 46.4 Å². The van der Waals surface area contributed by atoms with Gasteiger partial charge < -0.3 is 15.3 Å². The molecule has 6 heteroatoms. The predicted octanol–water partition coefficient (Wildman–Crippen LogP) is 1.84. The molecule has 136 valence electrons. The van der Waals surface area contributed by atoms with Crippen molar-refractivity contribution in [2.75, 3.05) is 6.54 Å². The molecule has 2 unspecified atom stereocenters. The van der Waals surface area contributed by atoms with Crippen molar-refractivity contribution >= 4 is 17.8 Å². The Morgan fingerprint density at radius 3 is 2.52 bits per heavy atom. The zero-order valence-electron chi connectivity index (χ0n) is 14.8. The van der Waals surface area contributed by atoms with Gasteiger partial charge in [-0.3, -0.25) is 14.4 Å². The van der Waals surface area contributed by atoms with Crippen LogP contribution >= 0.6 is 0 Å². The number of nitrogens with one attached hydrogen (secondary N) is 1. The summed E-state index contributed by atoms with van der Waals surface area (Å²) in [6, 6.07) is 8.45. The second-order valence-electron chi connectivity index (χ2n) is 6.88. The van der Waals surface area contributed by atoms with Crippen LogP contribution in [0.1, 0.15) is 38.7 Å². The minimum atomic E-state index is -0.904. The van der Waals surface area contributed by atoms with Crippen molar-refractivity contribution in [3.63, 3.8) is 0 Å². The third-order valence-corrected chi connectivity index (χ3v) is 4.53. The monoisotopic (exact) mass is 346 g/mol. The quantitative estimate of drug-likeness (QED) is 0.789. The van der Waals surface area contributed by atoms with Crippen molar-refractivity contribution in [2.24, 2.45) is 5.92 Å². The third kappa shape index (κ3) is 5.31. The highest BCUT2D eigenvalue weighted by Gasteiger charge is 2.36. The molecule has 1 heterocycles. The maximum atomic E-state index is 12.9. The lowest BCUT2D eigenvalue weighted by Crippen LogP contribution is -2.53. The smallest absolute Gasteiger partial charge is 0.305 e. The van der Waals surface area contributed by atoms with Gasteiger partial charge in [0.25, 0.3) is 0 Å². The zero-order chi connectivity index (χ0) is 18.4. The lowest BCUT2D eigenvalue weighted by molar-refractivity contribution is -0.142. The predicted molar refractivity (Wildman–Crippen MR) is 93.9 cm³/mol. The van der Waals surface area contributed by atoms with Crippen LogP contribution < -0.4 is 5.32 Å². The molecule has 0 bridgehead atoms. The van der Waals surface area contributed by atoms with E-state index in [-0.39, 0.29) is 36.6 Å². The second kappa shape index (κ2) is 8.65. The van der Waals surface area contributed by atoms with Gasteiger partial charge in [0, 0.05) is 12.6 Å². The number of carboxylic acids is 1. The number of carboxylic acid groups (broad SMARTS) is 1. The Morgan fingerprint density at radius 1 is 1.24 bits per heavy atom. The van der Waals surface area contributed by atoms with Crippen molar-refractivity contribution in [1.82, 2.24) is 10.2 Å². The minimum Gasteiger partial charge on any atom is -0.481 e. The van der Waals surface area contributed by atoms with E-state index in [2.05, 4.69) is 5.32 Å². The zero-order valence-corrected chi connectivity index (χ0v) is 14.8. The molecule has 0 aromatic heterocycles. The second-order valence-corrected chi connectivity index (χ2v) is 6.88. The normalized spacial score (nSPS) is 18.2. The SMILES string of the molecule is CC(C)C(NC(=O)Cc1ccccc1)C(=O)N1CCCC1CC(=O)O. The molecule has 1 fully saturated rings. The summed E-state index contributed by atoms with van der Waals surface area (Å²) in [7, 11) is 0. The molecule has 1 aliphatic heterocycles. The summed E-state index contributed by atoms with van der Waals surface area (Å²) in [6.07, 6.45) is 1.66. The maximum absolute atomic E-state index is 12.9. The van der Waals surface area contributed by atoms with Crippen LogP contribution in [0.3, 0.4) is 0 Å². The highest BCUT2D eigenvalue weighted by molar-refractivity contribution is 5.89. The fourth-order valence-corrected chi connectivity index (χ4v) is 3.24. The first-order valence-electron chi connectivity index (χ1n) is 8.74. The first-order valence-corrected chi connectivity index (χ1v) is 8.74. The Hall–Kier alpha value is -2.37. The van der Waals surface area contributed by atoms with Crippen LogP contribution in [0, 0.1) is 5.92 Å². The van der Waals surface area contributed by atoms with Crippen LogP contribution in [-0.2, 0) is 20.8 Å². The van der Waals surface area contributed by atoms with Crippen LogP contribution in [0.15, 0.2) is 30.3 Å². The van der Waals surface area contributed by atoms with E-state index in [4.69, 9.17) is 5.11 Å². The van der Waals surface area contributed by atoms with E-state index in [1.165, 1.54) is 0 Å². The van der Waals surface area contributed by atoms with Crippen LogP contribution in [0.4, 0.5) is 0 Å². The number of carbonyl (C=O) groups excluding carboxylic acids is 2. The van der Waals surface area contributed by atoms with Crippen LogP contribution in [0.2, 0.25) is 0 Å². The lowest BCUT2D eigenvalue weighted by Gasteiger charge is -2.30. The molecule has 2 amide bonds. The van der Waals surface area contributed by atoms with Gasteiger partial charge in [-0.1, -0.05) is 44.2 Å². The molecule has 0 spiro atoms. The Morgan fingerprint density at radius 2 is 1.92 bits per heavy atom. The number of hydrogen-bond acceptors (Lipinski definition) is 3. The number of hydrogen-bond donors (Lipinski definition) is 2. The highest BCUT2D eigenvalue weighted by atomic mass is 16.4. The molecule has 1 saturated heterocycles. The van der Waals surface area contributed by atoms with E-state index in [1.54, 1.807) is 4.90 Å². The average Bonchev–Trinajstić information content (AvgIpc) is 3.00. The Bertz CT molecular complexity index is 615. The summed E-state index contributed by atoms with van der Waals surface area (Å²) in [5.41, 5.74) is 0.889. The van der Waals surface area contributed by atoms with E-state index in [1.807, 2.05) is 44.2 Å². The molecule has 25 heavy (non-hydrogen) atoms. The molecule has 2 atom stereocenters. The average molecular weight is 346 g/mol. The standard InChI is InChI=1S/C19H26N2O4/c1-13(2)18(20-16(22)11-14-7-4-3-5-8-14)19(25)21-10-6-9-15(21)12-17(23)24/h3-5,7-8,13,15,18H,6,9-12H2,1-2H3,(H,20,22)(H,23,24). The lowest BCUT2D eigenvalue weighted by atomic mass is 10.0. The summed E-state index contributed by atoms with van der Waals surface area (Å²) in [6.45, 7) is 4.32. The number of aliphatic carboxylic acids is 1. The molecule has 0 radical (unpaired) electrons. The largest absolute Gasteiger partial charge is 0.481 e. The Labute approximate surface area is 148 Å². The fraction of sp³-hybridized carbons (Fsp3) is 0.526. The number of carbonyl (C=O) groups is 3. The molecule has 1 aromatic rings. The summed E-state index contributed by atoms with van der Waals surface area (Å²) in [5.74, 6) is -1.36. The molecule has 2 N–H and O–H groups in total. The van der Waals surface area contributed by atoms with Gasteiger partial charge >= 0.3 is 5.97 Å². The van der Waals surface area contributed by atoms with Gasteiger partial charge in [-0.15, -0.1) is 0 Å². The number of amides is 2. The molecular formula is C19H26N2O4. The first-order chi connectivity index (χ1) is 11.9. The summed E-state index contributed by atoms with van der Waals surface area (Å²) < 4.78 is 0. The number of rotatable bonds is 7. The number of benzene rings is 1. The molecule has 1 aliphatic rings. The van der Waals surface area contributed by atoms with Gasteiger partial charge in [-0.05, 0) is 24.3 Å². The topological polar surface area (TPSA) is 86.7 Å². The summed E-state index contributed by atoms with van der Waals surface area (Å²) in [5, 5.41) is 11.9.